The number of hydrogen-bond donors (Lipinski definition) is 1. The molecule has 0 saturated carbocycles. The highest BCUT2D eigenvalue weighted by Gasteiger charge is 2.14. The molecule has 0 aliphatic carbocycles. The van der Waals surface area contributed by atoms with Crippen molar-refractivity contribution in [1.82, 2.24) is 10.2 Å². The second-order valence-electron chi connectivity index (χ2n) is 4.96. The summed E-state index contributed by atoms with van der Waals surface area (Å²) >= 11 is 0. The number of aliphatic imine (C=N–C) groups is 1. The highest BCUT2D eigenvalue weighted by molar-refractivity contribution is 7.91. The molecule has 0 heterocycles. The maximum Gasteiger partial charge on any atom is 0.193 e. The van der Waals surface area contributed by atoms with E-state index in [0.717, 1.165) is 19.4 Å². The molecule has 1 rings (SSSR count). The number of rotatable bonds is 8. The maximum atomic E-state index is 12.2. The molecule has 0 radical (unpaired) electrons. The number of hydrogen-bond acceptors (Lipinski definition) is 3. The van der Waals surface area contributed by atoms with E-state index in [1.165, 1.54) is 0 Å². The van der Waals surface area contributed by atoms with Crippen LogP contribution in [0, 0.1) is 0 Å². The molecule has 1 aromatic rings. The first-order valence-corrected chi connectivity index (χ1v) is 8.97. The van der Waals surface area contributed by atoms with Gasteiger partial charge < -0.3 is 10.2 Å². The number of nitrogens with zero attached hydrogens (tertiary/aromatic N) is 2. The van der Waals surface area contributed by atoms with Crippen molar-refractivity contribution in [3.8, 4) is 0 Å². The Morgan fingerprint density at radius 2 is 2.05 bits per heavy atom. The first kappa shape index (κ1) is 18.2. The van der Waals surface area contributed by atoms with Gasteiger partial charge in [-0.1, -0.05) is 24.3 Å². The topological polar surface area (TPSA) is 61.8 Å². The van der Waals surface area contributed by atoms with Crippen LogP contribution < -0.4 is 5.32 Å². The lowest BCUT2D eigenvalue weighted by molar-refractivity contribution is 0.471. The van der Waals surface area contributed by atoms with Gasteiger partial charge in [-0.3, -0.25) is 4.99 Å². The quantitative estimate of drug-likeness (QED) is 0.344. The first-order chi connectivity index (χ1) is 10.5. The molecule has 0 saturated heterocycles. The van der Waals surface area contributed by atoms with Crippen LogP contribution in [0.15, 0.2) is 52.9 Å². The number of sulfone groups is 1. The number of unbranched alkanes of at least 4 members (excludes halogenated alkanes) is 1. The zero-order chi connectivity index (χ0) is 16.4. The fraction of sp³-hybridized carbons (Fsp3) is 0.438. The molecule has 0 aliphatic rings. The minimum atomic E-state index is -3.26. The van der Waals surface area contributed by atoms with Gasteiger partial charge in [0.1, 0.15) is 0 Å². The third-order valence-corrected chi connectivity index (χ3v) is 4.96. The highest BCUT2D eigenvalue weighted by Crippen LogP contribution is 2.09. The molecular formula is C16H25N3O2S. The first-order valence-electron chi connectivity index (χ1n) is 7.31. The van der Waals surface area contributed by atoms with Gasteiger partial charge in [-0.25, -0.2) is 8.42 Å². The largest absolute Gasteiger partial charge is 0.355 e. The van der Waals surface area contributed by atoms with Gasteiger partial charge in [-0.15, -0.1) is 6.58 Å². The molecule has 0 amide bonds. The van der Waals surface area contributed by atoms with E-state index in [0.29, 0.717) is 17.4 Å². The highest BCUT2D eigenvalue weighted by atomic mass is 32.2. The fourth-order valence-corrected chi connectivity index (χ4v) is 3.18. The van der Waals surface area contributed by atoms with Crippen molar-refractivity contribution in [2.24, 2.45) is 4.99 Å². The van der Waals surface area contributed by atoms with E-state index in [1.54, 1.807) is 37.4 Å². The summed E-state index contributed by atoms with van der Waals surface area (Å²) in [5.74, 6) is 0.739. The Bertz CT molecular complexity index is 583. The lowest BCUT2D eigenvalue weighted by Gasteiger charge is -2.21. The van der Waals surface area contributed by atoms with Gasteiger partial charge in [-0.2, -0.15) is 0 Å². The Morgan fingerprint density at radius 1 is 1.36 bits per heavy atom. The SMILES string of the molecule is C=CCCCN(C)C(=NC)NCCS(=O)(=O)c1ccccc1. The van der Waals surface area contributed by atoms with Crippen LogP contribution in [0.25, 0.3) is 0 Å². The number of guanidine groups is 1. The molecule has 1 N–H and O–H groups in total. The molecule has 122 valence electrons. The summed E-state index contributed by atoms with van der Waals surface area (Å²) in [5, 5.41) is 3.09. The Hall–Kier alpha value is -1.82. The molecule has 6 heteroatoms. The van der Waals surface area contributed by atoms with E-state index >= 15 is 0 Å². The number of benzene rings is 1. The number of nitrogens with one attached hydrogen (secondary N) is 1. The van der Waals surface area contributed by atoms with E-state index in [-0.39, 0.29) is 5.75 Å². The molecule has 1 aromatic carbocycles. The normalized spacial score (nSPS) is 12.0. The van der Waals surface area contributed by atoms with Gasteiger partial charge in [0, 0.05) is 27.2 Å². The molecule has 0 aromatic heterocycles. The molecule has 0 fully saturated rings. The van der Waals surface area contributed by atoms with Crippen LogP contribution in [0.1, 0.15) is 12.8 Å². The summed E-state index contributed by atoms with van der Waals surface area (Å²) in [5.41, 5.74) is 0. The van der Waals surface area contributed by atoms with Crippen LogP contribution in [0.4, 0.5) is 0 Å². The van der Waals surface area contributed by atoms with Crippen LogP contribution in [0.3, 0.4) is 0 Å². The molecule has 22 heavy (non-hydrogen) atoms. The third-order valence-electron chi connectivity index (χ3n) is 3.23. The fourth-order valence-electron chi connectivity index (χ4n) is 2.01. The van der Waals surface area contributed by atoms with Crippen molar-refractivity contribution in [3.63, 3.8) is 0 Å². The molecule has 0 atom stereocenters. The van der Waals surface area contributed by atoms with E-state index < -0.39 is 9.84 Å². The molecule has 0 bridgehead atoms. The van der Waals surface area contributed by atoms with E-state index in [4.69, 9.17) is 0 Å². The van der Waals surface area contributed by atoms with Crippen LogP contribution in [0.2, 0.25) is 0 Å². The molecule has 0 aliphatic heterocycles. The summed E-state index contributed by atoms with van der Waals surface area (Å²) in [6, 6.07) is 8.49. The van der Waals surface area contributed by atoms with Crippen molar-refractivity contribution in [3.05, 3.63) is 43.0 Å². The van der Waals surface area contributed by atoms with Crippen molar-refractivity contribution >= 4 is 15.8 Å². The minimum Gasteiger partial charge on any atom is -0.355 e. The smallest absolute Gasteiger partial charge is 0.193 e. The average molecular weight is 323 g/mol. The van der Waals surface area contributed by atoms with Crippen LogP contribution >= 0.6 is 0 Å². The Labute approximate surface area is 133 Å². The van der Waals surface area contributed by atoms with Crippen molar-refractivity contribution in [2.45, 2.75) is 17.7 Å². The molecular weight excluding hydrogens is 298 g/mol. The van der Waals surface area contributed by atoms with Crippen LogP contribution in [-0.4, -0.2) is 52.2 Å². The van der Waals surface area contributed by atoms with Gasteiger partial charge in [-0.05, 0) is 25.0 Å². The van der Waals surface area contributed by atoms with Crippen molar-refractivity contribution in [1.29, 1.82) is 0 Å². The predicted molar refractivity (Wildman–Crippen MR) is 91.9 cm³/mol. The van der Waals surface area contributed by atoms with Gasteiger partial charge in [0.05, 0.1) is 10.6 Å². The summed E-state index contributed by atoms with van der Waals surface area (Å²) in [6.45, 7) is 4.87. The molecule has 0 unspecified atom stereocenters. The second-order valence-corrected chi connectivity index (χ2v) is 7.07. The van der Waals surface area contributed by atoms with Gasteiger partial charge in [0.15, 0.2) is 15.8 Å². The monoisotopic (exact) mass is 323 g/mol. The molecule has 0 spiro atoms. The number of allylic oxidation sites excluding steroid dienone is 1. The van der Waals surface area contributed by atoms with E-state index in [9.17, 15) is 8.42 Å². The van der Waals surface area contributed by atoms with E-state index in [1.807, 2.05) is 18.0 Å². The van der Waals surface area contributed by atoms with Gasteiger partial charge in [0.25, 0.3) is 0 Å². The Balaban J connectivity index is 2.49. The summed E-state index contributed by atoms with van der Waals surface area (Å²) in [4.78, 5) is 6.51. The van der Waals surface area contributed by atoms with Crippen molar-refractivity contribution < 1.29 is 8.42 Å². The zero-order valence-corrected chi connectivity index (χ0v) is 14.1. The zero-order valence-electron chi connectivity index (χ0n) is 13.3. The van der Waals surface area contributed by atoms with Crippen LogP contribution in [0.5, 0.6) is 0 Å². The van der Waals surface area contributed by atoms with Gasteiger partial charge in [0.2, 0.25) is 0 Å². The minimum absolute atomic E-state index is 0.0382. The van der Waals surface area contributed by atoms with Crippen molar-refractivity contribution in [2.75, 3.05) is 32.9 Å². The predicted octanol–water partition coefficient (Wildman–Crippen LogP) is 1.93. The third kappa shape index (κ3) is 5.89. The summed E-state index contributed by atoms with van der Waals surface area (Å²) in [7, 11) is 0.367. The Kier molecular flexibility index (Phi) is 7.66. The average Bonchev–Trinajstić information content (AvgIpc) is 2.52. The summed E-state index contributed by atoms with van der Waals surface area (Å²) in [6.07, 6.45) is 3.82. The lowest BCUT2D eigenvalue weighted by atomic mass is 10.3. The lowest BCUT2D eigenvalue weighted by Crippen LogP contribution is -2.41. The summed E-state index contributed by atoms with van der Waals surface area (Å²) < 4.78 is 24.4. The molecule has 5 nitrogen and oxygen atoms in total. The van der Waals surface area contributed by atoms with E-state index in [2.05, 4.69) is 16.9 Å². The standard InChI is InChI=1S/C16H25N3O2S/c1-4-5-9-13-19(3)16(17-2)18-12-14-22(20,21)15-10-7-6-8-11-15/h4,6-8,10-11H,1,5,9,12-14H2,2-3H3,(H,17,18). The second kappa shape index (κ2) is 9.25. The maximum absolute atomic E-state index is 12.2. The Morgan fingerprint density at radius 3 is 2.64 bits per heavy atom. The van der Waals surface area contributed by atoms with Crippen LogP contribution in [-0.2, 0) is 9.84 Å². The van der Waals surface area contributed by atoms with Gasteiger partial charge >= 0.3 is 0 Å².